The van der Waals surface area contributed by atoms with Crippen LogP contribution in [0.3, 0.4) is 0 Å². The summed E-state index contributed by atoms with van der Waals surface area (Å²) < 4.78 is 0. The van der Waals surface area contributed by atoms with Gasteiger partial charge < -0.3 is 9.80 Å². The van der Waals surface area contributed by atoms with Crippen LogP contribution in [0, 0.1) is 0 Å². The van der Waals surface area contributed by atoms with Gasteiger partial charge in [-0.15, -0.1) is 0 Å². The second-order valence-corrected chi connectivity index (χ2v) is 8.36. The number of nitrogens with zero attached hydrogens (tertiary/aromatic N) is 3. The standard InChI is InChI=1S/C26H29N3O3/c1-3-15-28(21-13-16-27(17-14-21)25(31)20-9-5-4-6-10-20)24(30)18-29-19(2)22-11-7-8-12-23(22)26(29)32/h4-12,21H,2-3,13-18H2,1H3. The van der Waals surface area contributed by atoms with E-state index in [2.05, 4.69) is 6.58 Å². The van der Waals surface area contributed by atoms with Gasteiger partial charge in [0.05, 0.1) is 0 Å². The zero-order valence-electron chi connectivity index (χ0n) is 18.5. The van der Waals surface area contributed by atoms with E-state index in [0.29, 0.717) is 36.5 Å². The van der Waals surface area contributed by atoms with E-state index in [1.54, 1.807) is 6.07 Å². The van der Waals surface area contributed by atoms with Gasteiger partial charge in [0.1, 0.15) is 6.54 Å². The molecule has 1 fully saturated rings. The maximum Gasteiger partial charge on any atom is 0.259 e. The first-order valence-electron chi connectivity index (χ1n) is 11.2. The fourth-order valence-corrected chi connectivity index (χ4v) is 4.62. The van der Waals surface area contributed by atoms with Gasteiger partial charge >= 0.3 is 0 Å². The number of likely N-dealkylation sites (tertiary alicyclic amines) is 1. The van der Waals surface area contributed by atoms with E-state index >= 15 is 0 Å². The molecule has 0 aromatic heterocycles. The molecule has 32 heavy (non-hydrogen) atoms. The first-order chi connectivity index (χ1) is 15.5. The van der Waals surface area contributed by atoms with Crippen molar-refractivity contribution in [3.8, 4) is 0 Å². The zero-order valence-corrected chi connectivity index (χ0v) is 18.5. The lowest BCUT2D eigenvalue weighted by molar-refractivity contribution is -0.134. The first-order valence-corrected chi connectivity index (χ1v) is 11.2. The lowest BCUT2D eigenvalue weighted by atomic mass is 10.0. The van der Waals surface area contributed by atoms with E-state index in [1.165, 1.54) is 4.90 Å². The molecule has 0 saturated carbocycles. The molecule has 0 spiro atoms. The second-order valence-electron chi connectivity index (χ2n) is 8.36. The lowest BCUT2D eigenvalue weighted by Crippen LogP contribution is -2.51. The SMILES string of the molecule is C=C1c2ccccc2C(=O)N1CC(=O)N(CCC)C1CCN(C(=O)c2ccccc2)CC1. The number of benzene rings is 2. The van der Waals surface area contributed by atoms with E-state index < -0.39 is 0 Å². The van der Waals surface area contributed by atoms with Crippen LogP contribution >= 0.6 is 0 Å². The highest BCUT2D eigenvalue weighted by Gasteiger charge is 2.35. The number of rotatable bonds is 6. The molecule has 2 heterocycles. The Balaban J connectivity index is 1.40. The van der Waals surface area contributed by atoms with Crippen LogP contribution in [-0.2, 0) is 4.79 Å². The van der Waals surface area contributed by atoms with Crippen molar-refractivity contribution in [1.82, 2.24) is 14.7 Å². The van der Waals surface area contributed by atoms with Crippen LogP contribution in [0.1, 0.15) is 52.5 Å². The average Bonchev–Trinajstić information content (AvgIpc) is 3.07. The second kappa shape index (κ2) is 9.39. The fraction of sp³-hybridized carbons (Fsp3) is 0.346. The molecule has 2 aromatic rings. The summed E-state index contributed by atoms with van der Waals surface area (Å²) in [6.45, 7) is 7.96. The zero-order chi connectivity index (χ0) is 22.7. The molecule has 4 rings (SSSR count). The molecule has 0 unspecified atom stereocenters. The van der Waals surface area contributed by atoms with Crippen molar-refractivity contribution in [2.24, 2.45) is 0 Å². The smallest absolute Gasteiger partial charge is 0.259 e. The Kier molecular flexibility index (Phi) is 6.40. The molecule has 2 aliphatic rings. The Hall–Kier alpha value is -3.41. The van der Waals surface area contributed by atoms with Crippen LogP contribution in [0.4, 0.5) is 0 Å². The number of hydrogen-bond acceptors (Lipinski definition) is 3. The fourth-order valence-electron chi connectivity index (χ4n) is 4.62. The van der Waals surface area contributed by atoms with Crippen LogP contribution in [0.15, 0.2) is 61.2 Å². The molecule has 2 aliphatic heterocycles. The normalized spacial score (nSPS) is 16.3. The third kappa shape index (κ3) is 4.17. The summed E-state index contributed by atoms with van der Waals surface area (Å²) in [4.78, 5) is 44.1. The number of carbonyl (C=O) groups is 3. The van der Waals surface area contributed by atoms with Crippen molar-refractivity contribution >= 4 is 23.4 Å². The van der Waals surface area contributed by atoms with Gasteiger partial charge in [0.2, 0.25) is 5.91 Å². The molecule has 166 valence electrons. The van der Waals surface area contributed by atoms with Crippen molar-refractivity contribution in [1.29, 1.82) is 0 Å². The van der Waals surface area contributed by atoms with Crippen molar-refractivity contribution in [3.05, 3.63) is 77.9 Å². The summed E-state index contributed by atoms with van der Waals surface area (Å²) in [5, 5.41) is 0. The third-order valence-corrected chi connectivity index (χ3v) is 6.33. The van der Waals surface area contributed by atoms with Gasteiger partial charge in [0.25, 0.3) is 11.8 Å². The van der Waals surface area contributed by atoms with Crippen molar-refractivity contribution < 1.29 is 14.4 Å². The molecule has 0 atom stereocenters. The Morgan fingerprint density at radius 2 is 1.62 bits per heavy atom. The Morgan fingerprint density at radius 1 is 1.00 bits per heavy atom. The predicted molar refractivity (Wildman–Crippen MR) is 124 cm³/mol. The quantitative estimate of drug-likeness (QED) is 0.701. The van der Waals surface area contributed by atoms with Gasteiger partial charge in [-0.3, -0.25) is 19.3 Å². The van der Waals surface area contributed by atoms with Gasteiger partial charge in [0.15, 0.2) is 0 Å². The number of fused-ring (bicyclic) bond motifs is 1. The third-order valence-electron chi connectivity index (χ3n) is 6.33. The largest absolute Gasteiger partial charge is 0.338 e. The summed E-state index contributed by atoms with van der Waals surface area (Å²) in [5.41, 5.74) is 2.66. The number of hydrogen-bond donors (Lipinski definition) is 0. The molecule has 0 radical (unpaired) electrons. The molecule has 6 nitrogen and oxygen atoms in total. The molecule has 3 amide bonds. The highest BCUT2D eigenvalue weighted by molar-refractivity contribution is 6.10. The monoisotopic (exact) mass is 431 g/mol. The topological polar surface area (TPSA) is 60.9 Å². The minimum absolute atomic E-state index is 0.00446. The molecule has 2 aromatic carbocycles. The maximum atomic E-state index is 13.3. The number of carbonyl (C=O) groups excluding carboxylic acids is 3. The highest BCUT2D eigenvalue weighted by Crippen LogP contribution is 2.31. The minimum atomic E-state index is -0.168. The molecule has 1 saturated heterocycles. The highest BCUT2D eigenvalue weighted by atomic mass is 16.2. The van der Waals surface area contributed by atoms with Crippen molar-refractivity contribution in [3.63, 3.8) is 0 Å². The predicted octanol–water partition coefficient (Wildman–Crippen LogP) is 3.66. The number of piperidine rings is 1. The molecular weight excluding hydrogens is 402 g/mol. The summed E-state index contributed by atoms with van der Waals surface area (Å²) in [6.07, 6.45) is 2.31. The average molecular weight is 432 g/mol. The van der Waals surface area contributed by atoms with Gasteiger partial charge in [-0.2, -0.15) is 0 Å². The Labute approximate surface area is 189 Å². The Bertz CT molecular complexity index is 991. The molecule has 0 aliphatic carbocycles. The molecule has 6 heteroatoms. The van der Waals surface area contributed by atoms with Crippen molar-refractivity contribution in [2.45, 2.75) is 32.2 Å². The van der Waals surface area contributed by atoms with Crippen LogP contribution < -0.4 is 0 Å². The minimum Gasteiger partial charge on any atom is -0.338 e. The van der Waals surface area contributed by atoms with E-state index in [9.17, 15) is 14.4 Å². The maximum absolute atomic E-state index is 13.3. The summed E-state index contributed by atoms with van der Waals surface area (Å²) in [6, 6.07) is 16.7. The summed E-state index contributed by atoms with van der Waals surface area (Å²) >= 11 is 0. The van der Waals surface area contributed by atoms with E-state index in [1.807, 2.05) is 65.3 Å². The molecule has 0 N–H and O–H groups in total. The Morgan fingerprint density at radius 3 is 2.25 bits per heavy atom. The van der Waals surface area contributed by atoms with E-state index in [4.69, 9.17) is 0 Å². The van der Waals surface area contributed by atoms with Crippen LogP contribution in [0.25, 0.3) is 5.70 Å². The van der Waals surface area contributed by atoms with Gasteiger partial charge in [-0.1, -0.05) is 49.9 Å². The summed E-state index contributed by atoms with van der Waals surface area (Å²) in [7, 11) is 0. The number of amides is 3. The van der Waals surface area contributed by atoms with Gasteiger partial charge in [-0.05, 0) is 37.5 Å². The molecule has 0 bridgehead atoms. The lowest BCUT2D eigenvalue weighted by Gasteiger charge is -2.39. The van der Waals surface area contributed by atoms with Gasteiger partial charge in [0, 0.05) is 48.1 Å². The van der Waals surface area contributed by atoms with E-state index in [0.717, 1.165) is 24.8 Å². The van der Waals surface area contributed by atoms with Crippen LogP contribution in [0.2, 0.25) is 0 Å². The molecular formula is C26H29N3O3. The van der Waals surface area contributed by atoms with Crippen LogP contribution in [-0.4, -0.2) is 64.6 Å². The summed E-state index contributed by atoms with van der Waals surface area (Å²) in [5.74, 6) is -0.199. The van der Waals surface area contributed by atoms with E-state index in [-0.39, 0.29) is 30.3 Å². The first kappa shape index (κ1) is 21.8. The van der Waals surface area contributed by atoms with Gasteiger partial charge in [-0.25, -0.2) is 0 Å². The van der Waals surface area contributed by atoms with Crippen LogP contribution in [0.5, 0.6) is 0 Å². The van der Waals surface area contributed by atoms with Crippen molar-refractivity contribution in [2.75, 3.05) is 26.2 Å².